The van der Waals surface area contributed by atoms with Crippen molar-refractivity contribution in [2.75, 3.05) is 26.8 Å². The number of benzene rings is 2. The predicted octanol–water partition coefficient (Wildman–Crippen LogP) is 4.18. The van der Waals surface area contributed by atoms with Gasteiger partial charge in [0.1, 0.15) is 5.82 Å². The second-order valence-corrected chi connectivity index (χ2v) is 10.5. The Hall–Kier alpha value is -2.47. The summed E-state index contributed by atoms with van der Waals surface area (Å²) in [6.07, 6.45) is 1.63. The van der Waals surface area contributed by atoms with Crippen LogP contribution in [0.2, 0.25) is 0 Å². The van der Waals surface area contributed by atoms with Gasteiger partial charge in [-0.05, 0) is 36.8 Å². The number of carbonyl (C=O) groups is 1. The Bertz CT molecular complexity index is 1330. The zero-order chi connectivity index (χ0) is 24.9. The number of fused-ring (bicyclic) bond motifs is 1. The normalized spacial score (nSPS) is 12.7. The summed E-state index contributed by atoms with van der Waals surface area (Å²) < 4.78 is 62.2. The van der Waals surface area contributed by atoms with Crippen LogP contribution in [0.3, 0.4) is 0 Å². The molecule has 0 aliphatic carbocycles. The largest absolute Gasteiger partial charge is 0.383 e. The fraction of sp³-hybridized carbons (Fsp3) is 0.391. The summed E-state index contributed by atoms with van der Waals surface area (Å²) in [5, 5.41) is 0. The number of hydrogen-bond donors (Lipinski definition) is 0. The number of rotatable bonds is 10. The van der Waals surface area contributed by atoms with Crippen LogP contribution in [-0.4, -0.2) is 50.0 Å². The number of aromatic nitrogens is 1. The van der Waals surface area contributed by atoms with Gasteiger partial charge in [-0.3, -0.25) is 4.79 Å². The van der Waals surface area contributed by atoms with Gasteiger partial charge in [-0.1, -0.05) is 31.6 Å². The summed E-state index contributed by atoms with van der Waals surface area (Å²) in [5.41, 5.74) is 0.320. The number of ether oxygens (including phenoxy) is 1. The van der Waals surface area contributed by atoms with Crippen molar-refractivity contribution >= 4 is 37.5 Å². The van der Waals surface area contributed by atoms with Gasteiger partial charge >= 0.3 is 0 Å². The van der Waals surface area contributed by atoms with Gasteiger partial charge in [-0.15, -0.1) is 0 Å². The third-order valence-corrected chi connectivity index (χ3v) is 8.28. The van der Waals surface area contributed by atoms with Crippen LogP contribution in [0.25, 0.3) is 10.2 Å². The molecule has 0 fully saturated rings. The summed E-state index contributed by atoms with van der Waals surface area (Å²) in [7, 11) is -2.18. The van der Waals surface area contributed by atoms with Crippen molar-refractivity contribution in [1.29, 1.82) is 0 Å². The van der Waals surface area contributed by atoms with Crippen LogP contribution in [0.1, 0.15) is 37.0 Å². The molecule has 0 radical (unpaired) electrons. The topological polar surface area (TPSA) is 81.0 Å². The molecule has 0 N–H and O–H groups in total. The van der Waals surface area contributed by atoms with E-state index in [9.17, 15) is 22.0 Å². The molecule has 1 amide bonds. The number of hydrogen-bond acceptors (Lipinski definition) is 5. The van der Waals surface area contributed by atoms with E-state index in [-0.39, 0.29) is 33.9 Å². The zero-order valence-electron chi connectivity index (χ0n) is 19.3. The molecule has 2 aromatic carbocycles. The van der Waals surface area contributed by atoms with E-state index in [0.29, 0.717) is 17.8 Å². The fourth-order valence-electron chi connectivity index (χ4n) is 3.46. The number of methoxy groups -OCH3 is 1. The van der Waals surface area contributed by atoms with Crippen LogP contribution in [0.4, 0.5) is 8.78 Å². The molecule has 0 aliphatic heterocycles. The molecule has 0 unspecified atom stereocenters. The smallest absolute Gasteiger partial charge is 0.279 e. The average molecular weight is 512 g/mol. The van der Waals surface area contributed by atoms with E-state index in [2.05, 4.69) is 4.99 Å². The molecule has 0 bridgehead atoms. The SMILES string of the molecule is CCCCN(CC)S(=O)(=O)c1ccc(C(=O)N=c2sc3cc(F)cc(F)c3n2CCOC)cc1. The van der Waals surface area contributed by atoms with Gasteiger partial charge in [0.2, 0.25) is 10.0 Å². The maximum atomic E-state index is 14.5. The first-order valence-electron chi connectivity index (χ1n) is 10.9. The van der Waals surface area contributed by atoms with Crippen LogP contribution in [0, 0.1) is 11.6 Å². The number of thiazole rings is 1. The van der Waals surface area contributed by atoms with Gasteiger partial charge in [-0.25, -0.2) is 17.2 Å². The van der Waals surface area contributed by atoms with Crippen LogP contribution >= 0.6 is 11.3 Å². The van der Waals surface area contributed by atoms with E-state index < -0.39 is 27.6 Å². The minimum atomic E-state index is -3.67. The van der Waals surface area contributed by atoms with E-state index in [1.807, 2.05) is 6.92 Å². The van der Waals surface area contributed by atoms with Crippen LogP contribution in [0.5, 0.6) is 0 Å². The molecule has 0 atom stereocenters. The van der Waals surface area contributed by atoms with Crippen molar-refractivity contribution in [2.45, 2.75) is 38.1 Å². The lowest BCUT2D eigenvalue weighted by Crippen LogP contribution is -2.31. The molecule has 7 nitrogen and oxygen atoms in total. The predicted molar refractivity (Wildman–Crippen MR) is 127 cm³/mol. The zero-order valence-corrected chi connectivity index (χ0v) is 20.9. The summed E-state index contributed by atoms with van der Waals surface area (Å²) in [4.78, 5) is 17.2. The Balaban J connectivity index is 1.96. The summed E-state index contributed by atoms with van der Waals surface area (Å²) in [6, 6.07) is 7.53. The molecule has 184 valence electrons. The third kappa shape index (κ3) is 5.60. The lowest BCUT2D eigenvalue weighted by atomic mass is 10.2. The van der Waals surface area contributed by atoms with E-state index in [1.54, 1.807) is 6.92 Å². The monoisotopic (exact) mass is 511 g/mol. The molecule has 3 aromatic rings. The quantitative estimate of drug-likeness (QED) is 0.409. The van der Waals surface area contributed by atoms with Crippen molar-refractivity contribution in [3.63, 3.8) is 0 Å². The molecular weight excluding hydrogens is 484 g/mol. The molecule has 1 heterocycles. The van der Waals surface area contributed by atoms with E-state index >= 15 is 0 Å². The third-order valence-electron chi connectivity index (χ3n) is 5.26. The van der Waals surface area contributed by atoms with Gasteiger partial charge in [0.05, 0.1) is 21.7 Å². The number of halogens is 2. The molecule has 11 heteroatoms. The van der Waals surface area contributed by atoms with Crippen LogP contribution < -0.4 is 4.80 Å². The first-order valence-corrected chi connectivity index (χ1v) is 13.1. The Labute approximate surface area is 201 Å². The Morgan fingerprint density at radius 2 is 1.88 bits per heavy atom. The molecule has 34 heavy (non-hydrogen) atoms. The van der Waals surface area contributed by atoms with Gasteiger partial charge in [-0.2, -0.15) is 9.30 Å². The Morgan fingerprint density at radius 3 is 2.50 bits per heavy atom. The molecule has 0 aliphatic rings. The highest BCUT2D eigenvalue weighted by Crippen LogP contribution is 2.23. The molecule has 0 saturated carbocycles. The first-order chi connectivity index (χ1) is 16.2. The van der Waals surface area contributed by atoms with Crippen LogP contribution in [0.15, 0.2) is 46.3 Å². The number of amides is 1. The summed E-state index contributed by atoms with van der Waals surface area (Å²) in [5.74, 6) is -2.10. The molecule has 0 saturated heterocycles. The minimum absolute atomic E-state index is 0.0940. The summed E-state index contributed by atoms with van der Waals surface area (Å²) in [6.45, 7) is 5.00. The lowest BCUT2D eigenvalue weighted by molar-refractivity contribution is 0.0997. The Morgan fingerprint density at radius 1 is 1.18 bits per heavy atom. The molecule has 0 spiro atoms. The van der Waals surface area contributed by atoms with Crippen molar-refractivity contribution in [1.82, 2.24) is 8.87 Å². The van der Waals surface area contributed by atoms with Crippen molar-refractivity contribution in [3.8, 4) is 0 Å². The summed E-state index contributed by atoms with van der Waals surface area (Å²) >= 11 is 0.985. The van der Waals surface area contributed by atoms with E-state index in [0.717, 1.165) is 30.2 Å². The highest BCUT2D eigenvalue weighted by atomic mass is 32.2. The number of unbranched alkanes of at least 4 members (excludes halogenated alkanes) is 1. The highest BCUT2D eigenvalue weighted by Gasteiger charge is 2.23. The minimum Gasteiger partial charge on any atom is -0.383 e. The van der Waals surface area contributed by atoms with Gasteiger partial charge in [0, 0.05) is 38.4 Å². The maximum Gasteiger partial charge on any atom is 0.279 e. The van der Waals surface area contributed by atoms with Gasteiger partial charge < -0.3 is 9.30 Å². The van der Waals surface area contributed by atoms with Crippen LogP contribution in [-0.2, 0) is 21.3 Å². The second kappa shape index (κ2) is 11.3. The van der Waals surface area contributed by atoms with Gasteiger partial charge in [0.15, 0.2) is 10.6 Å². The van der Waals surface area contributed by atoms with Crippen molar-refractivity contribution in [2.24, 2.45) is 4.99 Å². The standard InChI is InChI=1S/C23H27F2N3O4S2/c1-4-6-11-27(5-2)34(30,31)18-9-7-16(8-10-18)22(29)26-23-28(12-13-32-3)21-19(25)14-17(24)15-20(21)33-23/h7-10,14-15H,4-6,11-13H2,1-3H3. The van der Waals surface area contributed by atoms with Crippen molar-refractivity contribution in [3.05, 3.63) is 58.4 Å². The van der Waals surface area contributed by atoms with Crippen molar-refractivity contribution < 1.29 is 26.7 Å². The highest BCUT2D eigenvalue weighted by molar-refractivity contribution is 7.89. The molecule has 3 rings (SSSR count). The molecule has 1 aromatic heterocycles. The lowest BCUT2D eigenvalue weighted by Gasteiger charge is -2.20. The maximum absolute atomic E-state index is 14.5. The van der Waals surface area contributed by atoms with Gasteiger partial charge in [0.25, 0.3) is 5.91 Å². The fourth-order valence-corrected chi connectivity index (χ4v) is 6.04. The number of carbonyl (C=O) groups excluding carboxylic acids is 1. The first kappa shape index (κ1) is 26.1. The van der Waals surface area contributed by atoms with E-state index in [4.69, 9.17) is 4.74 Å². The number of sulfonamides is 1. The number of nitrogens with zero attached hydrogens (tertiary/aromatic N) is 3. The second-order valence-electron chi connectivity index (χ2n) is 7.56. The molecular formula is C23H27F2N3O4S2. The Kier molecular flexibility index (Phi) is 8.69. The van der Waals surface area contributed by atoms with E-state index in [1.165, 1.54) is 46.3 Å². The average Bonchev–Trinajstić information content (AvgIpc) is 3.14.